The molecular weight excluding hydrogens is 414 g/mol. The predicted octanol–water partition coefficient (Wildman–Crippen LogP) is 3.89. The number of carbonyl (C=O) groups excluding carboxylic acids is 1. The molecule has 1 aliphatic rings. The van der Waals surface area contributed by atoms with Gasteiger partial charge in [0.05, 0.1) is 11.6 Å². The van der Waals surface area contributed by atoms with Crippen LogP contribution in [0.4, 0.5) is 5.69 Å². The van der Waals surface area contributed by atoms with Gasteiger partial charge in [0.1, 0.15) is 5.75 Å². The molecular formula is C19H18BrN3O2S. The number of halogens is 1. The Hall–Kier alpha value is -2.38. The molecule has 0 radical (unpaired) electrons. The van der Waals surface area contributed by atoms with Gasteiger partial charge in [0, 0.05) is 21.4 Å². The van der Waals surface area contributed by atoms with Crippen LogP contribution in [0, 0.1) is 6.92 Å². The Bertz CT molecular complexity index is 910. The van der Waals surface area contributed by atoms with Crippen LogP contribution in [-0.4, -0.2) is 16.1 Å². The molecule has 0 saturated carbocycles. The Kier molecular flexibility index (Phi) is 5.29. The number of amides is 1. The number of phenols is 1. The fourth-order valence-electron chi connectivity index (χ4n) is 2.82. The molecule has 0 unspecified atom stereocenters. The Labute approximate surface area is 165 Å². The lowest BCUT2D eigenvalue weighted by atomic mass is 9.94. The lowest BCUT2D eigenvalue weighted by Gasteiger charge is -2.30. The molecule has 1 atom stereocenters. The van der Waals surface area contributed by atoms with E-state index in [9.17, 15) is 9.90 Å². The number of phenolic OH excluding ortho intramolecular Hbond substituents is 1. The zero-order valence-electron chi connectivity index (χ0n) is 14.3. The molecule has 1 aliphatic heterocycles. The molecule has 4 N–H and O–H groups in total. The van der Waals surface area contributed by atoms with Crippen molar-refractivity contribution in [3.05, 3.63) is 69.3 Å². The number of aryl methyl sites for hydroxylation is 1. The molecule has 2 aromatic rings. The van der Waals surface area contributed by atoms with Crippen LogP contribution in [-0.2, 0) is 4.79 Å². The van der Waals surface area contributed by atoms with Crippen molar-refractivity contribution in [3.8, 4) is 5.75 Å². The highest BCUT2D eigenvalue weighted by Crippen LogP contribution is 2.34. The van der Waals surface area contributed by atoms with E-state index in [1.807, 2.05) is 31.2 Å². The molecule has 1 amide bonds. The van der Waals surface area contributed by atoms with Gasteiger partial charge in [0.25, 0.3) is 5.91 Å². The number of benzene rings is 2. The van der Waals surface area contributed by atoms with Gasteiger partial charge in [-0.2, -0.15) is 0 Å². The summed E-state index contributed by atoms with van der Waals surface area (Å²) >= 11 is 8.64. The second kappa shape index (κ2) is 7.47. The molecule has 2 aromatic carbocycles. The average molecular weight is 432 g/mol. The first kappa shape index (κ1) is 18.4. The Morgan fingerprint density at radius 3 is 2.58 bits per heavy atom. The van der Waals surface area contributed by atoms with Crippen molar-refractivity contribution < 1.29 is 9.90 Å². The molecule has 134 valence electrons. The molecule has 0 bridgehead atoms. The Morgan fingerprint density at radius 1 is 1.19 bits per heavy atom. The molecule has 3 rings (SSSR count). The highest BCUT2D eigenvalue weighted by Gasteiger charge is 2.31. The Balaban J connectivity index is 1.98. The summed E-state index contributed by atoms with van der Waals surface area (Å²) in [6, 6.07) is 12.1. The summed E-state index contributed by atoms with van der Waals surface area (Å²) in [6.45, 7) is 3.78. The van der Waals surface area contributed by atoms with Gasteiger partial charge in [-0.15, -0.1) is 0 Å². The van der Waals surface area contributed by atoms with Gasteiger partial charge in [-0.25, -0.2) is 0 Å². The second-order valence-electron chi connectivity index (χ2n) is 6.09. The number of aromatic hydroxyl groups is 1. The van der Waals surface area contributed by atoms with Crippen molar-refractivity contribution in [3.63, 3.8) is 0 Å². The van der Waals surface area contributed by atoms with Crippen LogP contribution in [0.1, 0.15) is 24.1 Å². The minimum Gasteiger partial charge on any atom is -0.508 e. The fraction of sp³-hybridized carbons (Fsp3) is 0.158. The zero-order valence-corrected chi connectivity index (χ0v) is 16.7. The van der Waals surface area contributed by atoms with Crippen LogP contribution in [0.3, 0.4) is 0 Å². The highest BCUT2D eigenvalue weighted by molar-refractivity contribution is 9.10. The molecule has 0 saturated heterocycles. The van der Waals surface area contributed by atoms with Crippen LogP contribution in [0.25, 0.3) is 0 Å². The maximum Gasteiger partial charge on any atom is 0.255 e. The number of carbonyl (C=O) groups is 1. The predicted molar refractivity (Wildman–Crippen MR) is 110 cm³/mol. The molecule has 0 aromatic heterocycles. The van der Waals surface area contributed by atoms with E-state index < -0.39 is 6.04 Å². The minimum atomic E-state index is -0.563. The molecule has 26 heavy (non-hydrogen) atoms. The topological polar surface area (TPSA) is 73.4 Å². The molecule has 0 aliphatic carbocycles. The number of rotatable bonds is 3. The normalized spacial score (nSPS) is 16.7. The van der Waals surface area contributed by atoms with Gasteiger partial charge in [0.2, 0.25) is 0 Å². The van der Waals surface area contributed by atoms with E-state index in [0.29, 0.717) is 27.6 Å². The van der Waals surface area contributed by atoms with Crippen molar-refractivity contribution in [2.24, 2.45) is 0 Å². The summed E-state index contributed by atoms with van der Waals surface area (Å²) in [5.74, 6) is -0.179. The second-order valence-corrected chi connectivity index (χ2v) is 7.42. The highest BCUT2D eigenvalue weighted by atomic mass is 79.9. The van der Waals surface area contributed by atoms with E-state index in [-0.39, 0.29) is 11.7 Å². The maximum absolute atomic E-state index is 13.0. The van der Waals surface area contributed by atoms with Crippen LogP contribution in [0.15, 0.2) is 58.2 Å². The SMILES string of the molecule is CC1=C(C(=O)Nc2ccc(C)cc2)[C@H](c2cc(Br)ccc2O)NC(=S)N1. The minimum absolute atomic E-state index is 0.0869. The van der Waals surface area contributed by atoms with Gasteiger partial charge in [-0.05, 0) is 56.4 Å². The number of allylic oxidation sites excluding steroid dienone is 1. The van der Waals surface area contributed by atoms with Crippen molar-refractivity contribution in [1.82, 2.24) is 10.6 Å². The summed E-state index contributed by atoms with van der Waals surface area (Å²) in [5.41, 5.74) is 3.49. The monoisotopic (exact) mass is 431 g/mol. The van der Waals surface area contributed by atoms with Crippen LogP contribution in [0.5, 0.6) is 5.75 Å². The number of anilines is 1. The third kappa shape index (κ3) is 3.89. The maximum atomic E-state index is 13.0. The van der Waals surface area contributed by atoms with Crippen molar-refractivity contribution in [2.45, 2.75) is 19.9 Å². The fourth-order valence-corrected chi connectivity index (χ4v) is 3.47. The lowest BCUT2D eigenvalue weighted by molar-refractivity contribution is -0.113. The van der Waals surface area contributed by atoms with Crippen molar-refractivity contribution in [2.75, 3.05) is 5.32 Å². The largest absolute Gasteiger partial charge is 0.508 e. The summed E-state index contributed by atoms with van der Waals surface area (Å²) in [5, 5.41) is 19.7. The third-order valence-corrected chi connectivity index (χ3v) is 4.84. The summed E-state index contributed by atoms with van der Waals surface area (Å²) in [7, 11) is 0. The van der Waals surface area contributed by atoms with Crippen LogP contribution in [0.2, 0.25) is 0 Å². The molecule has 0 spiro atoms. The lowest BCUT2D eigenvalue weighted by Crippen LogP contribution is -2.45. The standard InChI is InChI=1S/C19H18BrN3O2S/c1-10-3-6-13(7-4-10)22-18(25)16-11(2)21-19(26)23-17(16)14-9-12(20)5-8-15(14)24/h3-9,17,24H,1-2H3,(H,22,25)(H2,21,23,26)/t17-/m0/s1. The van der Waals surface area contributed by atoms with E-state index in [1.165, 1.54) is 0 Å². The first-order chi connectivity index (χ1) is 12.3. The van der Waals surface area contributed by atoms with E-state index in [4.69, 9.17) is 12.2 Å². The van der Waals surface area contributed by atoms with Crippen molar-refractivity contribution >= 4 is 44.9 Å². The quantitative estimate of drug-likeness (QED) is 0.554. The summed E-state index contributed by atoms with van der Waals surface area (Å²) in [6.07, 6.45) is 0. The van der Waals surface area contributed by atoms with Crippen LogP contribution >= 0.6 is 28.1 Å². The number of nitrogens with one attached hydrogen (secondary N) is 3. The van der Waals surface area contributed by atoms with Gasteiger partial charge in [-0.3, -0.25) is 4.79 Å². The summed E-state index contributed by atoms with van der Waals surface area (Å²) < 4.78 is 0.799. The van der Waals surface area contributed by atoms with Gasteiger partial charge in [0.15, 0.2) is 5.11 Å². The van der Waals surface area contributed by atoms with E-state index >= 15 is 0 Å². The molecule has 0 fully saturated rings. The van der Waals surface area contributed by atoms with E-state index in [2.05, 4.69) is 31.9 Å². The smallest absolute Gasteiger partial charge is 0.255 e. The third-order valence-electron chi connectivity index (χ3n) is 4.12. The van der Waals surface area contributed by atoms with E-state index in [1.54, 1.807) is 25.1 Å². The van der Waals surface area contributed by atoms with Gasteiger partial charge >= 0.3 is 0 Å². The van der Waals surface area contributed by atoms with Crippen LogP contribution < -0.4 is 16.0 Å². The molecule has 5 nitrogen and oxygen atoms in total. The zero-order chi connectivity index (χ0) is 18.8. The number of hydrogen-bond acceptors (Lipinski definition) is 3. The average Bonchev–Trinajstić information content (AvgIpc) is 2.58. The van der Waals surface area contributed by atoms with Gasteiger partial charge in [-0.1, -0.05) is 33.6 Å². The first-order valence-corrected chi connectivity index (χ1v) is 9.20. The number of hydrogen-bond donors (Lipinski definition) is 4. The molecule has 7 heteroatoms. The Morgan fingerprint density at radius 2 is 1.88 bits per heavy atom. The number of thiocarbonyl (C=S) groups is 1. The first-order valence-electron chi connectivity index (χ1n) is 8.00. The molecule has 1 heterocycles. The summed E-state index contributed by atoms with van der Waals surface area (Å²) in [4.78, 5) is 13.0. The van der Waals surface area contributed by atoms with Crippen molar-refractivity contribution in [1.29, 1.82) is 0 Å². The van der Waals surface area contributed by atoms with Gasteiger partial charge < -0.3 is 21.1 Å². The van der Waals surface area contributed by atoms with E-state index in [0.717, 1.165) is 10.0 Å².